The molecule has 0 saturated heterocycles. The number of hydrogen-bond donors (Lipinski definition) is 0. The third-order valence-corrected chi connectivity index (χ3v) is 2.65. The van der Waals surface area contributed by atoms with E-state index in [1.54, 1.807) is 18.2 Å². The van der Waals surface area contributed by atoms with Gasteiger partial charge in [0.05, 0.1) is 0 Å². The Hall–Kier alpha value is -1.61. The van der Waals surface area contributed by atoms with Gasteiger partial charge in [0, 0.05) is 10.4 Å². The molecule has 1 aliphatic heterocycles. The molecule has 2 rings (SSSR count). The van der Waals surface area contributed by atoms with Crippen LogP contribution in [0, 0.1) is 5.41 Å². The van der Waals surface area contributed by atoms with Crippen LogP contribution >= 0.6 is 11.6 Å². The van der Waals surface area contributed by atoms with Gasteiger partial charge in [-0.3, -0.25) is 0 Å². The van der Waals surface area contributed by atoms with E-state index in [2.05, 4.69) is 4.99 Å². The van der Waals surface area contributed by atoms with Gasteiger partial charge in [0.1, 0.15) is 0 Å². The van der Waals surface area contributed by atoms with E-state index in [9.17, 15) is 4.79 Å². The molecule has 1 heterocycles. The van der Waals surface area contributed by atoms with Gasteiger partial charge in [0.2, 0.25) is 5.90 Å². The lowest BCUT2D eigenvalue weighted by Gasteiger charge is -2.15. The average Bonchev–Trinajstić information content (AvgIpc) is 2.60. The number of ether oxygens (including phenoxy) is 1. The lowest BCUT2D eigenvalue weighted by molar-refractivity contribution is -0.130. The normalized spacial score (nSPS) is 17.9. The van der Waals surface area contributed by atoms with Crippen molar-refractivity contribution in [2.24, 2.45) is 10.4 Å². The fourth-order valence-corrected chi connectivity index (χ4v) is 1.68. The van der Waals surface area contributed by atoms with Gasteiger partial charge in [-0.05, 0) is 23.8 Å². The maximum atomic E-state index is 11.7. The van der Waals surface area contributed by atoms with E-state index in [0.717, 1.165) is 5.56 Å². The highest BCUT2D eigenvalue weighted by molar-refractivity contribution is 6.30. The summed E-state index contributed by atoms with van der Waals surface area (Å²) in [7, 11) is 0. The summed E-state index contributed by atoms with van der Waals surface area (Å²) in [5.74, 6) is 0.0284. The third-order valence-electron chi connectivity index (χ3n) is 2.41. The predicted molar refractivity (Wildman–Crippen MR) is 72.4 cm³/mol. The van der Waals surface area contributed by atoms with E-state index >= 15 is 0 Å². The molecule has 1 aromatic carbocycles. The van der Waals surface area contributed by atoms with Gasteiger partial charge in [0.25, 0.3) is 0 Å². The molecule has 0 fully saturated rings. The van der Waals surface area contributed by atoms with Crippen molar-refractivity contribution in [1.82, 2.24) is 0 Å². The van der Waals surface area contributed by atoms with Gasteiger partial charge in [-0.25, -0.2) is 9.79 Å². The van der Waals surface area contributed by atoms with Gasteiger partial charge in [-0.15, -0.1) is 0 Å². The van der Waals surface area contributed by atoms with E-state index in [1.807, 2.05) is 32.9 Å². The van der Waals surface area contributed by atoms with Crippen LogP contribution in [0.1, 0.15) is 26.3 Å². The number of halogens is 1. The smallest absolute Gasteiger partial charge is 0.363 e. The molecule has 0 bridgehead atoms. The molecule has 94 valence electrons. The Bertz CT molecular complexity index is 553. The van der Waals surface area contributed by atoms with E-state index in [4.69, 9.17) is 16.3 Å². The van der Waals surface area contributed by atoms with Gasteiger partial charge in [-0.2, -0.15) is 0 Å². The number of carbonyl (C=O) groups excluding carboxylic acids is 1. The van der Waals surface area contributed by atoms with Gasteiger partial charge < -0.3 is 4.74 Å². The van der Waals surface area contributed by atoms with E-state index in [0.29, 0.717) is 16.6 Å². The Kier molecular flexibility index (Phi) is 3.26. The van der Waals surface area contributed by atoms with Crippen molar-refractivity contribution in [1.29, 1.82) is 0 Å². The highest BCUT2D eigenvalue weighted by Gasteiger charge is 2.31. The van der Waals surface area contributed by atoms with Crippen LogP contribution < -0.4 is 0 Å². The minimum Gasteiger partial charge on any atom is -0.406 e. The van der Waals surface area contributed by atoms with E-state index < -0.39 is 5.97 Å². The second kappa shape index (κ2) is 4.58. The lowest BCUT2D eigenvalue weighted by atomic mass is 9.97. The fourth-order valence-electron chi connectivity index (χ4n) is 1.48. The summed E-state index contributed by atoms with van der Waals surface area (Å²) < 4.78 is 5.15. The van der Waals surface area contributed by atoms with Crippen LogP contribution in [0.5, 0.6) is 0 Å². The first-order chi connectivity index (χ1) is 8.36. The van der Waals surface area contributed by atoms with Crippen LogP contribution in [0.3, 0.4) is 0 Å². The average molecular weight is 264 g/mol. The molecule has 0 atom stereocenters. The van der Waals surface area contributed by atoms with Crippen molar-refractivity contribution in [3.63, 3.8) is 0 Å². The van der Waals surface area contributed by atoms with Crippen LogP contribution in [-0.4, -0.2) is 11.9 Å². The number of rotatable bonds is 1. The molecule has 0 radical (unpaired) electrons. The summed E-state index contributed by atoms with van der Waals surface area (Å²) in [6.45, 7) is 5.84. The zero-order valence-electron chi connectivity index (χ0n) is 10.5. The first-order valence-corrected chi connectivity index (χ1v) is 6.03. The van der Waals surface area contributed by atoms with Crippen LogP contribution in [0.15, 0.2) is 35.0 Å². The summed E-state index contributed by atoms with van der Waals surface area (Å²) in [5, 5.41) is 0.621. The predicted octanol–water partition coefficient (Wildman–Crippen LogP) is 3.68. The molecule has 0 unspecified atom stereocenters. The maximum absolute atomic E-state index is 11.7. The number of nitrogens with zero attached hydrogens (tertiary/aromatic N) is 1. The molecule has 0 spiro atoms. The van der Waals surface area contributed by atoms with Crippen molar-refractivity contribution in [3.05, 3.63) is 40.5 Å². The van der Waals surface area contributed by atoms with E-state index in [1.165, 1.54) is 0 Å². The van der Waals surface area contributed by atoms with Crippen LogP contribution in [0.4, 0.5) is 0 Å². The molecule has 3 nitrogen and oxygen atoms in total. The van der Waals surface area contributed by atoms with Crippen molar-refractivity contribution < 1.29 is 9.53 Å². The monoisotopic (exact) mass is 263 g/mol. The molecular formula is C14H14ClNO2. The number of hydrogen-bond acceptors (Lipinski definition) is 3. The van der Waals surface area contributed by atoms with Crippen LogP contribution in [0.2, 0.25) is 5.02 Å². The number of cyclic esters (lactones) is 1. The summed E-state index contributed by atoms with van der Waals surface area (Å²) in [6, 6.07) is 7.23. The van der Waals surface area contributed by atoms with Crippen molar-refractivity contribution in [2.75, 3.05) is 0 Å². The van der Waals surface area contributed by atoms with Gasteiger partial charge in [0.15, 0.2) is 5.70 Å². The molecular weight excluding hydrogens is 250 g/mol. The van der Waals surface area contributed by atoms with Gasteiger partial charge >= 0.3 is 5.97 Å². The zero-order chi connectivity index (χ0) is 13.3. The Morgan fingerprint density at radius 3 is 2.61 bits per heavy atom. The third kappa shape index (κ3) is 2.79. The maximum Gasteiger partial charge on any atom is 0.363 e. The molecule has 0 aromatic heterocycles. The number of carbonyl (C=O) groups is 1. The van der Waals surface area contributed by atoms with Crippen molar-refractivity contribution in [2.45, 2.75) is 20.8 Å². The molecule has 18 heavy (non-hydrogen) atoms. The summed E-state index contributed by atoms with van der Waals surface area (Å²) in [5.41, 5.74) is 0.857. The topological polar surface area (TPSA) is 38.7 Å². The number of aliphatic imine (C=N–C) groups is 1. The lowest BCUT2D eigenvalue weighted by Crippen LogP contribution is -2.21. The first kappa shape index (κ1) is 12.8. The van der Waals surface area contributed by atoms with Gasteiger partial charge in [-0.1, -0.05) is 44.5 Å². The van der Waals surface area contributed by atoms with Crippen LogP contribution in [0.25, 0.3) is 6.08 Å². The minimum absolute atomic E-state index is 0.278. The van der Waals surface area contributed by atoms with Crippen LogP contribution in [-0.2, 0) is 9.53 Å². The van der Waals surface area contributed by atoms with Crippen molar-refractivity contribution >= 4 is 29.5 Å². The van der Waals surface area contributed by atoms with E-state index in [-0.39, 0.29) is 5.41 Å². The molecule has 0 saturated carbocycles. The highest BCUT2D eigenvalue weighted by atomic mass is 35.5. The summed E-state index contributed by atoms with van der Waals surface area (Å²) in [4.78, 5) is 15.9. The number of benzene rings is 1. The second-order valence-corrected chi connectivity index (χ2v) is 5.58. The number of esters is 1. The largest absolute Gasteiger partial charge is 0.406 e. The standard InChI is InChI=1S/C14H14ClNO2/c1-14(2,3)13-16-11(12(17)18-13)8-9-5-4-6-10(15)7-9/h4-8H,1-3H3/b11-8+. The molecule has 0 amide bonds. The minimum atomic E-state index is -0.417. The molecule has 1 aliphatic rings. The zero-order valence-corrected chi connectivity index (χ0v) is 11.3. The Morgan fingerprint density at radius 1 is 1.33 bits per heavy atom. The van der Waals surface area contributed by atoms with Crippen molar-refractivity contribution in [3.8, 4) is 0 Å². The Balaban J connectivity index is 2.34. The first-order valence-electron chi connectivity index (χ1n) is 5.65. The molecule has 0 N–H and O–H groups in total. The SMILES string of the molecule is CC(C)(C)C1=N/C(=C/c2cccc(Cl)c2)C(=O)O1. The molecule has 1 aromatic rings. The summed E-state index contributed by atoms with van der Waals surface area (Å²) in [6.07, 6.45) is 1.67. The quantitative estimate of drug-likeness (QED) is 0.573. The Labute approximate surface area is 111 Å². The highest BCUT2D eigenvalue weighted by Crippen LogP contribution is 2.26. The molecule has 4 heteroatoms. The Morgan fingerprint density at radius 2 is 2.06 bits per heavy atom. The fraction of sp³-hybridized carbons (Fsp3) is 0.286. The molecule has 0 aliphatic carbocycles. The second-order valence-electron chi connectivity index (χ2n) is 5.14. The summed E-state index contributed by atoms with van der Waals surface area (Å²) >= 11 is 5.89.